The van der Waals surface area contributed by atoms with Crippen molar-refractivity contribution in [3.63, 3.8) is 0 Å². The average Bonchev–Trinajstić information content (AvgIpc) is 3.06. The lowest BCUT2D eigenvalue weighted by molar-refractivity contribution is -0.123. The van der Waals surface area contributed by atoms with Crippen LogP contribution in [0.4, 0.5) is 0 Å². The van der Waals surface area contributed by atoms with E-state index in [9.17, 15) is 4.79 Å². The summed E-state index contributed by atoms with van der Waals surface area (Å²) in [7, 11) is 0. The summed E-state index contributed by atoms with van der Waals surface area (Å²) in [6.07, 6.45) is 1.64. The fraction of sp³-hybridized carbons (Fsp3) is 0.130. The number of hydrogen-bond donors (Lipinski definition) is 1. The molecule has 3 aromatic carbocycles. The number of nitrogens with zero attached hydrogens (tertiary/aromatic N) is 2. The Hall–Kier alpha value is -2.64. The summed E-state index contributed by atoms with van der Waals surface area (Å²) in [6, 6.07) is 20.0. The Balaban J connectivity index is 1.45. The number of hydrazone groups is 1. The Kier molecular flexibility index (Phi) is 6.20. The van der Waals surface area contributed by atoms with Gasteiger partial charge in [0.25, 0.3) is 5.91 Å². The van der Waals surface area contributed by atoms with Crippen LogP contribution < -0.4 is 10.2 Å². The lowest BCUT2D eigenvalue weighted by Crippen LogP contribution is -2.24. The molecule has 5 nitrogen and oxygen atoms in total. The number of halogens is 2. The third kappa shape index (κ3) is 4.27. The molecule has 0 aliphatic carbocycles. The highest BCUT2D eigenvalue weighted by Gasteiger charge is 2.09. The van der Waals surface area contributed by atoms with E-state index in [2.05, 4.69) is 84.2 Å². The first-order valence-electron chi connectivity index (χ1n) is 9.47. The Morgan fingerprint density at radius 2 is 1.87 bits per heavy atom. The summed E-state index contributed by atoms with van der Waals surface area (Å²) in [4.78, 5) is 12.0. The molecule has 0 aliphatic rings. The molecule has 152 valence electrons. The quantitative estimate of drug-likeness (QED) is 0.251. The third-order valence-corrected chi connectivity index (χ3v) is 5.88. The van der Waals surface area contributed by atoms with E-state index in [1.54, 1.807) is 12.3 Å². The highest BCUT2D eigenvalue weighted by Crippen LogP contribution is 2.29. The van der Waals surface area contributed by atoms with Gasteiger partial charge in [-0.15, -0.1) is 0 Å². The van der Waals surface area contributed by atoms with Crippen molar-refractivity contribution in [1.82, 2.24) is 9.99 Å². The molecule has 7 heteroatoms. The topological polar surface area (TPSA) is 55.6 Å². The van der Waals surface area contributed by atoms with Gasteiger partial charge in [-0.1, -0.05) is 40.2 Å². The molecule has 0 saturated carbocycles. The maximum Gasteiger partial charge on any atom is 0.277 e. The zero-order chi connectivity index (χ0) is 21.1. The number of rotatable bonds is 6. The highest BCUT2D eigenvalue weighted by molar-refractivity contribution is 9.11. The standard InChI is InChI=1S/C23H19Br2N3O2/c1-2-28-20-6-4-3-5-17(20)18-11-15(7-9-21(18)28)13-26-27-23(29)14-30-22-10-8-16(24)12-19(22)25/h3-13H,2,14H2,1H3,(H,27,29). The van der Waals surface area contributed by atoms with Gasteiger partial charge in [0, 0.05) is 32.8 Å². The van der Waals surface area contributed by atoms with E-state index in [1.807, 2.05) is 24.3 Å². The van der Waals surface area contributed by atoms with Crippen LogP contribution >= 0.6 is 31.9 Å². The van der Waals surface area contributed by atoms with Crippen LogP contribution in [0.2, 0.25) is 0 Å². The van der Waals surface area contributed by atoms with E-state index >= 15 is 0 Å². The van der Waals surface area contributed by atoms with Crippen LogP contribution in [0.15, 0.2) is 74.7 Å². The van der Waals surface area contributed by atoms with E-state index < -0.39 is 0 Å². The van der Waals surface area contributed by atoms with E-state index in [4.69, 9.17) is 4.74 Å². The minimum absolute atomic E-state index is 0.124. The molecule has 0 spiro atoms. The molecular formula is C23H19Br2N3O2. The molecule has 0 saturated heterocycles. The predicted molar refractivity (Wildman–Crippen MR) is 128 cm³/mol. The number of ether oxygens (including phenoxy) is 1. The Morgan fingerprint density at radius 1 is 1.07 bits per heavy atom. The van der Waals surface area contributed by atoms with Gasteiger partial charge in [0.15, 0.2) is 6.61 Å². The third-order valence-electron chi connectivity index (χ3n) is 4.77. The fourth-order valence-corrected chi connectivity index (χ4v) is 4.60. The molecule has 0 bridgehead atoms. The van der Waals surface area contributed by atoms with E-state index in [0.29, 0.717) is 5.75 Å². The molecule has 4 aromatic rings. The molecule has 0 aliphatic heterocycles. The molecule has 1 aromatic heterocycles. The molecule has 0 atom stereocenters. The van der Waals surface area contributed by atoms with Crippen LogP contribution in [-0.2, 0) is 11.3 Å². The number of aryl methyl sites for hydroxylation is 1. The Bertz CT molecular complexity index is 1260. The van der Waals surface area contributed by atoms with Crippen LogP contribution in [-0.4, -0.2) is 23.3 Å². The summed E-state index contributed by atoms with van der Waals surface area (Å²) < 4.78 is 9.51. The van der Waals surface area contributed by atoms with Crippen LogP contribution in [0.3, 0.4) is 0 Å². The van der Waals surface area contributed by atoms with Crippen molar-refractivity contribution in [2.24, 2.45) is 5.10 Å². The predicted octanol–water partition coefficient (Wildman–Crippen LogP) is 5.87. The minimum atomic E-state index is -0.329. The second kappa shape index (κ2) is 9.02. The number of benzene rings is 3. The Morgan fingerprint density at radius 3 is 2.67 bits per heavy atom. The Labute approximate surface area is 191 Å². The highest BCUT2D eigenvalue weighted by atomic mass is 79.9. The largest absolute Gasteiger partial charge is 0.483 e. The first-order chi connectivity index (χ1) is 14.6. The SMILES string of the molecule is CCn1c2ccccc2c2cc(C=NNC(=O)COc3ccc(Br)cc3Br)ccc21. The van der Waals surface area contributed by atoms with E-state index in [1.165, 1.54) is 21.8 Å². The van der Waals surface area contributed by atoms with Crippen molar-refractivity contribution in [2.75, 3.05) is 6.61 Å². The number of carbonyl (C=O) groups is 1. The van der Waals surface area contributed by atoms with Gasteiger partial charge in [0.1, 0.15) is 5.75 Å². The number of aromatic nitrogens is 1. The van der Waals surface area contributed by atoms with Crippen LogP contribution in [0.5, 0.6) is 5.75 Å². The minimum Gasteiger partial charge on any atom is -0.483 e. The first-order valence-corrected chi connectivity index (χ1v) is 11.1. The number of para-hydroxylation sites is 1. The number of hydrogen-bond acceptors (Lipinski definition) is 3. The van der Waals surface area contributed by atoms with Crippen LogP contribution in [0, 0.1) is 0 Å². The molecule has 4 rings (SSSR count). The van der Waals surface area contributed by atoms with Gasteiger partial charge < -0.3 is 9.30 Å². The van der Waals surface area contributed by atoms with Crippen molar-refractivity contribution in [3.8, 4) is 5.75 Å². The first kappa shape index (κ1) is 20.6. The van der Waals surface area contributed by atoms with Gasteiger partial charge in [-0.25, -0.2) is 5.43 Å². The van der Waals surface area contributed by atoms with Crippen LogP contribution in [0.25, 0.3) is 21.8 Å². The zero-order valence-electron chi connectivity index (χ0n) is 16.2. The molecule has 1 heterocycles. The lowest BCUT2D eigenvalue weighted by Gasteiger charge is -2.07. The molecule has 30 heavy (non-hydrogen) atoms. The van der Waals surface area contributed by atoms with Crippen molar-refractivity contribution in [3.05, 3.63) is 75.2 Å². The summed E-state index contributed by atoms with van der Waals surface area (Å²) in [5, 5.41) is 6.46. The second-order valence-corrected chi connectivity index (χ2v) is 8.46. The number of fused-ring (bicyclic) bond motifs is 3. The van der Waals surface area contributed by atoms with Crippen molar-refractivity contribution < 1.29 is 9.53 Å². The van der Waals surface area contributed by atoms with Crippen molar-refractivity contribution >= 4 is 65.8 Å². The van der Waals surface area contributed by atoms with Gasteiger partial charge in [0.2, 0.25) is 0 Å². The second-order valence-electron chi connectivity index (χ2n) is 6.69. The molecule has 0 radical (unpaired) electrons. The molecule has 1 amide bonds. The average molecular weight is 529 g/mol. The van der Waals surface area contributed by atoms with Gasteiger partial charge in [-0.3, -0.25) is 4.79 Å². The van der Waals surface area contributed by atoms with Gasteiger partial charge in [-0.05, 0) is 64.8 Å². The van der Waals surface area contributed by atoms with Crippen molar-refractivity contribution in [2.45, 2.75) is 13.5 Å². The molecule has 0 unspecified atom stereocenters. The van der Waals surface area contributed by atoms with Crippen molar-refractivity contribution in [1.29, 1.82) is 0 Å². The number of amides is 1. The van der Waals surface area contributed by atoms with E-state index in [-0.39, 0.29) is 12.5 Å². The normalized spacial score (nSPS) is 11.4. The maximum atomic E-state index is 12.0. The van der Waals surface area contributed by atoms with Crippen LogP contribution in [0.1, 0.15) is 12.5 Å². The van der Waals surface area contributed by atoms with Gasteiger partial charge in [-0.2, -0.15) is 5.10 Å². The van der Waals surface area contributed by atoms with E-state index in [0.717, 1.165) is 21.1 Å². The van der Waals surface area contributed by atoms with Gasteiger partial charge >= 0.3 is 0 Å². The summed E-state index contributed by atoms with van der Waals surface area (Å²) in [5.41, 5.74) is 5.83. The summed E-state index contributed by atoms with van der Waals surface area (Å²) >= 11 is 6.79. The summed E-state index contributed by atoms with van der Waals surface area (Å²) in [5.74, 6) is 0.264. The number of nitrogens with one attached hydrogen (secondary N) is 1. The smallest absolute Gasteiger partial charge is 0.277 e. The molecular weight excluding hydrogens is 510 g/mol. The fourth-order valence-electron chi connectivity index (χ4n) is 3.44. The monoisotopic (exact) mass is 527 g/mol. The zero-order valence-corrected chi connectivity index (χ0v) is 19.4. The number of carbonyl (C=O) groups excluding carboxylic acids is 1. The van der Waals surface area contributed by atoms with Gasteiger partial charge in [0.05, 0.1) is 10.7 Å². The maximum absolute atomic E-state index is 12.0. The molecule has 1 N–H and O–H groups in total. The molecule has 0 fully saturated rings. The summed E-state index contributed by atoms with van der Waals surface area (Å²) in [6.45, 7) is 2.92. The lowest BCUT2D eigenvalue weighted by atomic mass is 10.1.